The van der Waals surface area contributed by atoms with Crippen LogP contribution in [0.1, 0.15) is 36.0 Å². The Hall–Kier alpha value is -1.66. The van der Waals surface area contributed by atoms with Crippen molar-refractivity contribution in [2.24, 2.45) is 0 Å². The first-order valence-corrected chi connectivity index (χ1v) is 8.69. The van der Waals surface area contributed by atoms with Crippen LogP contribution in [-0.2, 0) is 4.79 Å². The fourth-order valence-electron chi connectivity index (χ4n) is 3.44. The molecule has 5 nitrogen and oxygen atoms in total. The highest BCUT2D eigenvalue weighted by atomic mass is 35.5. The van der Waals surface area contributed by atoms with Gasteiger partial charge >= 0.3 is 0 Å². The summed E-state index contributed by atoms with van der Waals surface area (Å²) >= 11 is 0. The van der Waals surface area contributed by atoms with E-state index in [-0.39, 0.29) is 24.2 Å². The molecule has 2 amide bonds. The number of halogens is 2. The van der Waals surface area contributed by atoms with E-state index < -0.39 is 5.82 Å². The third kappa shape index (κ3) is 5.16. The van der Waals surface area contributed by atoms with E-state index in [1.807, 2.05) is 4.90 Å². The van der Waals surface area contributed by atoms with Gasteiger partial charge in [0.25, 0.3) is 5.91 Å². The lowest BCUT2D eigenvalue weighted by molar-refractivity contribution is -0.131. The molecule has 138 valence electrons. The summed E-state index contributed by atoms with van der Waals surface area (Å²) in [7, 11) is 0. The molecule has 2 heterocycles. The fourth-order valence-corrected chi connectivity index (χ4v) is 3.44. The van der Waals surface area contributed by atoms with Crippen molar-refractivity contribution >= 4 is 24.2 Å². The number of benzene rings is 1. The van der Waals surface area contributed by atoms with E-state index in [0.29, 0.717) is 44.2 Å². The minimum atomic E-state index is -0.406. The number of amides is 2. The number of nitrogens with zero attached hydrogens (tertiary/aromatic N) is 2. The third-order valence-electron chi connectivity index (χ3n) is 4.79. The second-order valence-corrected chi connectivity index (χ2v) is 6.53. The maximum Gasteiger partial charge on any atom is 0.254 e. The zero-order valence-electron chi connectivity index (χ0n) is 14.2. The molecule has 0 radical (unpaired) electrons. The van der Waals surface area contributed by atoms with Crippen LogP contribution in [0, 0.1) is 5.82 Å². The van der Waals surface area contributed by atoms with Crippen molar-refractivity contribution in [1.82, 2.24) is 15.1 Å². The molecule has 2 fully saturated rings. The van der Waals surface area contributed by atoms with E-state index in [1.54, 1.807) is 17.0 Å². The van der Waals surface area contributed by atoms with E-state index in [9.17, 15) is 14.0 Å². The van der Waals surface area contributed by atoms with Gasteiger partial charge in [-0.05, 0) is 44.0 Å². The van der Waals surface area contributed by atoms with E-state index in [4.69, 9.17) is 0 Å². The zero-order valence-corrected chi connectivity index (χ0v) is 15.1. The van der Waals surface area contributed by atoms with Crippen LogP contribution in [0.2, 0.25) is 0 Å². The molecule has 0 aliphatic carbocycles. The highest BCUT2D eigenvalue weighted by Crippen LogP contribution is 2.14. The van der Waals surface area contributed by atoms with Crippen LogP contribution < -0.4 is 5.32 Å². The Morgan fingerprint density at radius 1 is 1.12 bits per heavy atom. The highest BCUT2D eigenvalue weighted by Gasteiger charge is 2.25. The molecule has 2 aliphatic heterocycles. The van der Waals surface area contributed by atoms with Crippen LogP contribution in [0.4, 0.5) is 4.39 Å². The lowest BCUT2D eigenvalue weighted by Gasteiger charge is -2.23. The first kappa shape index (κ1) is 19.7. The van der Waals surface area contributed by atoms with Crippen molar-refractivity contribution in [3.8, 4) is 0 Å². The molecule has 25 heavy (non-hydrogen) atoms. The van der Waals surface area contributed by atoms with Crippen molar-refractivity contribution in [1.29, 1.82) is 0 Å². The van der Waals surface area contributed by atoms with Crippen LogP contribution in [0.5, 0.6) is 0 Å². The number of rotatable bonds is 3. The number of carbonyl (C=O) groups is 2. The summed E-state index contributed by atoms with van der Waals surface area (Å²) in [6.45, 7) is 3.32. The molecule has 1 N–H and O–H groups in total. The largest absolute Gasteiger partial charge is 0.341 e. The normalized spacial score (nSPS) is 20.8. The van der Waals surface area contributed by atoms with E-state index in [2.05, 4.69) is 5.32 Å². The monoisotopic (exact) mass is 369 g/mol. The number of nitrogens with one attached hydrogen (secondary N) is 1. The van der Waals surface area contributed by atoms with Crippen molar-refractivity contribution in [2.45, 2.75) is 31.7 Å². The molecule has 2 saturated heterocycles. The minimum absolute atomic E-state index is 0. The Morgan fingerprint density at radius 3 is 2.60 bits per heavy atom. The number of hydrogen-bond donors (Lipinski definition) is 1. The van der Waals surface area contributed by atoms with Gasteiger partial charge in [-0.3, -0.25) is 9.59 Å². The van der Waals surface area contributed by atoms with Crippen LogP contribution in [0.15, 0.2) is 24.3 Å². The minimum Gasteiger partial charge on any atom is -0.341 e. The maximum atomic E-state index is 13.3. The van der Waals surface area contributed by atoms with Gasteiger partial charge in [-0.1, -0.05) is 6.07 Å². The predicted molar refractivity (Wildman–Crippen MR) is 96.4 cm³/mol. The van der Waals surface area contributed by atoms with E-state index in [1.165, 1.54) is 12.1 Å². The molecule has 0 bridgehead atoms. The SMILES string of the molecule is Cl.O=C(CC1CCCN1)N1CCCN(C(=O)c2cccc(F)c2)CC1. The Bertz CT molecular complexity index is 608. The Balaban J connectivity index is 0.00000225. The van der Waals surface area contributed by atoms with Gasteiger partial charge in [-0.2, -0.15) is 0 Å². The van der Waals surface area contributed by atoms with Crippen LogP contribution in [0.25, 0.3) is 0 Å². The first-order valence-electron chi connectivity index (χ1n) is 8.69. The smallest absolute Gasteiger partial charge is 0.254 e. The van der Waals surface area contributed by atoms with Gasteiger partial charge < -0.3 is 15.1 Å². The molecule has 3 rings (SSSR count). The Labute approximate surface area is 154 Å². The lowest BCUT2D eigenvalue weighted by atomic mass is 10.1. The average molecular weight is 370 g/mol. The van der Waals surface area contributed by atoms with E-state index in [0.717, 1.165) is 25.8 Å². The lowest BCUT2D eigenvalue weighted by Crippen LogP contribution is -2.39. The summed E-state index contributed by atoms with van der Waals surface area (Å²) in [6.07, 6.45) is 3.49. The second kappa shape index (κ2) is 9.15. The number of hydrogen-bond acceptors (Lipinski definition) is 3. The van der Waals surface area contributed by atoms with Gasteiger partial charge in [-0.15, -0.1) is 12.4 Å². The fraction of sp³-hybridized carbons (Fsp3) is 0.556. The van der Waals surface area contributed by atoms with Crippen molar-refractivity contribution in [3.05, 3.63) is 35.6 Å². The predicted octanol–water partition coefficient (Wildman–Crippen LogP) is 2.06. The summed E-state index contributed by atoms with van der Waals surface area (Å²) < 4.78 is 13.3. The summed E-state index contributed by atoms with van der Waals surface area (Å²) in [5, 5.41) is 3.35. The highest BCUT2D eigenvalue weighted by molar-refractivity contribution is 5.94. The Morgan fingerprint density at radius 2 is 1.88 bits per heavy atom. The standard InChI is InChI=1S/C18H24FN3O2.ClH/c19-15-5-1-4-14(12-15)18(24)22-9-3-8-21(10-11-22)17(23)13-16-6-2-7-20-16;/h1,4-5,12,16,20H,2-3,6-11,13H2;1H. The quantitative estimate of drug-likeness (QED) is 0.887. The summed E-state index contributed by atoms with van der Waals surface area (Å²) in [6, 6.07) is 6.07. The molecule has 0 aromatic heterocycles. The molecular formula is C18H25ClFN3O2. The maximum absolute atomic E-state index is 13.3. The zero-order chi connectivity index (χ0) is 16.9. The first-order chi connectivity index (χ1) is 11.6. The van der Waals surface area contributed by atoms with Crippen molar-refractivity contribution < 1.29 is 14.0 Å². The summed E-state index contributed by atoms with van der Waals surface area (Å²) in [4.78, 5) is 28.5. The van der Waals surface area contributed by atoms with E-state index >= 15 is 0 Å². The molecule has 1 aromatic rings. The second-order valence-electron chi connectivity index (χ2n) is 6.53. The van der Waals surface area contributed by atoms with Crippen LogP contribution in [-0.4, -0.2) is 60.4 Å². The van der Waals surface area contributed by atoms with Gasteiger partial charge in [0.2, 0.25) is 5.91 Å². The topological polar surface area (TPSA) is 52.7 Å². The van der Waals surface area contributed by atoms with Crippen molar-refractivity contribution in [2.75, 3.05) is 32.7 Å². The van der Waals surface area contributed by atoms with Gasteiger partial charge in [0.1, 0.15) is 5.82 Å². The summed E-state index contributed by atoms with van der Waals surface area (Å²) in [5.74, 6) is -0.410. The molecule has 7 heteroatoms. The third-order valence-corrected chi connectivity index (χ3v) is 4.79. The van der Waals surface area contributed by atoms with Crippen LogP contribution >= 0.6 is 12.4 Å². The van der Waals surface area contributed by atoms with Crippen LogP contribution in [0.3, 0.4) is 0 Å². The van der Waals surface area contributed by atoms with Gasteiger partial charge in [0.15, 0.2) is 0 Å². The molecule has 1 atom stereocenters. The van der Waals surface area contributed by atoms with Gasteiger partial charge in [-0.25, -0.2) is 4.39 Å². The number of carbonyl (C=O) groups excluding carboxylic acids is 2. The molecule has 0 saturated carbocycles. The van der Waals surface area contributed by atoms with Gasteiger partial charge in [0, 0.05) is 44.2 Å². The molecule has 1 aromatic carbocycles. The Kier molecular flexibility index (Phi) is 7.20. The molecular weight excluding hydrogens is 345 g/mol. The molecule has 2 aliphatic rings. The molecule has 1 unspecified atom stereocenters. The average Bonchev–Trinajstić information content (AvgIpc) is 2.95. The summed E-state index contributed by atoms with van der Waals surface area (Å²) in [5.41, 5.74) is 0.366. The van der Waals surface area contributed by atoms with Gasteiger partial charge in [0.05, 0.1) is 0 Å². The van der Waals surface area contributed by atoms with Crippen molar-refractivity contribution in [3.63, 3.8) is 0 Å². The molecule has 0 spiro atoms.